The molecule has 6 heteroatoms. The van der Waals surface area contributed by atoms with Gasteiger partial charge in [0.1, 0.15) is 0 Å². The fourth-order valence-electron chi connectivity index (χ4n) is 1.57. The number of anilines is 2. The molecule has 0 unspecified atom stereocenters. The fourth-order valence-corrected chi connectivity index (χ4v) is 2.10. The third-order valence-corrected chi connectivity index (χ3v) is 3.33. The molecule has 1 amide bonds. The van der Waals surface area contributed by atoms with Gasteiger partial charge in [-0.3, -0.25) is 9.78 Å². The van der Waals surface area contributed by atoms with Crippen LogP contribution in [-0.2, 0) is 0 Å². The van der Waals surface area contributed by atoms with Gasteiger partial charge in [0.25, 0.3) is 5.91 Å². The van der Waals surface area contributed by atoms with Gasteiger partial charge in [0.15, 0.2) is 0 Å². The van der Waals surface area contributed by atoms with Crippen LogP contribution >= 0.6 is 27.5 Å². The molecule has 1 aromatic heterocycles. The van der Waals surface area contributed by atoms with Crippen LogP contribution in [0.2, 0.25) is 5.02 Å². The molecule has 2 rings (SSSR count). The summed E-state index contributed by atoms with van der Waals surface area (Å²) in [4.78, 5) is 16.2. The first-order valence-corrected chi connectivity index (χ1v) is 6.67. The quantitative estimate of drug-likeness (QED) is 0.894. The van der Waals surface area contributed by atoms with E-state index in [-0.39, 0.29) is 5.91 Å². The van der Waals surface area contributed by atoms with E-state index in [2.05, 4.69) is 31.5 Å². The lowest BCUT2D eigenvalue weighted by Crippen LogP contribution is -2.14. The van der Waals surface area contributed by atoms with Crippen LogP contribution in [0.1, 0.15) is 10.4 Å². The number of nitrogens with zero attached hydrogens (tertiary/aromatic N) is 1. The van der Waals surface area contributed by atoms with Gasteiger partial charge in [0, 0.05) is 17.7 Å². The largest absolute Gasteiger partial charge is 0.386 e. The molecule has 0 atom stereocenters. The molecule has 4 nitrogen and oxygen atoms in total. The maximum atomic E-state index is 12.2. The molecule has 98 valence electrons. The van der Waals surface area contributed by atoms with Crippen LogP contribution in [0.15, 0.2) is 41.1 Å². The number of carbonyl (C=O) groups excluding carboxylic acids is 1. The van der Waals surface area contributed by atoms with Gasteiger partial charge in [-0.05, 0) is 24.3 Å². The molecular weight excluding hydrogens is 330 g/mol. The number of carbonyl (C=O) groups is 1. The Balaban J connectivity index is 2.28. The van der Waals surface area contributed by atoms with Crippen molar-refractivity contribution in [1.82, 2.24) is 4.98 Å². The summed E-state index contributed by atoms with van der Waals surface area (Å²) in [6.45, 7) is 0. The standard InChI is InChI=1S/C13H11BrClN3O/c1-16-12-7-17-5-4-9(12)13(19)18-11-6-8(14)2-3-10(11)15/h2-7,16H,1H3,(H,18,19). The number of amides is 1. The van der Waals surface area contributed by atoms with Crippen LogP contribution in [0.4, 0.5) is 11.4 Å². The molecule has 0 spiro atoms. The smallest absolute Gasteiger partial charge is 0.257 e. The van der Waals surface area contributed by atoms with E-state index >= 15 is 0 Å². The van der Waals surface area contributed by atoms with Crippen molar-refractivity contribution in [3.8, 4) is 0 Å². The molecule has 0 bridgehead atoms. The second-order valence-electron chi connectivity index (χ2n) is 3.75. The highest BCUT2D eigenvalue weighted by Gasteiger charge is 2.12. The van der Waals surface area contributed by atoms with Gasteiger partial charge < -0.3 is 10.6 Å². The van der Waals surface area contributed by atoms with Gasteiger partial charge in [-0.25, -0.2) is 0 Å². The third-order valence-electron chi connectivity index (χ3n) is 2.51. The minimum absolute atomic E-state index is 0.244. The van der Waals surface area contributed by atoms with E-state index in [1.807, 2.05) is 6.07 Å². The van der Waals surface area contributed by atoms with Crippen molar-refractivity contribution in [2.24, 2.45) is 0 Å². The Morgan fingerprint density at radius 1 is 1.32 bits per heavy atom. The molecule has 2 aromatic rings. The second-order valence-corrected chi connectivity index (χ2v) is 5.07. The normalized spacial score (nSPS) is 10.1. The van der Waals surface area contributed by atoms with Crippen molar-refractivity contribution in [2.75, 3.05) is 17.7 Å². The molecule has 0 aliphatic carbocycles. The number of benzene rings is 1. The van der Waals surface area contributed by atoms with Gasteiger partial charge in [0.2, 0.25) is 0 Å². The zero-order chi connectivity index (χ0) is 13.8. The molecule has 0 aliphatic heterocycles. The van der Waals surface area contributed by atoms with E-state index in [1.54, 1.807) is 37.6 Å². The lowest BCUT2D eigenvalue weighted by Gasteiger charge is -2.10. The zero-order valence-electron chi connectivity index (χ0n) is 10.1. The predicted molar refractivity (Wildman–Crippen MR) is 80.9 cm³/mol. The van der Waals surface area contributed by atoms with Crippen LogP contribution < -0.4 is 10.6 Å². The van der Waals surface area contributed by atoms with E-state index in [0.717, 1.165) is 4.47 Å². The average Bonchev–Trinajstić information content (AvgIpc) is 2.42. The van der Waals surface area contributed by atoms with E-state index < -0.39 is 0 Å². The Morgan fingerprint density at radius 3 is 2.84 bits per heavy atom. The fraction of sp³-hybridized carbons (Fsp3) is 0.0769. The summed E-state index contributed by atoms with van der Waals surface area (Å²) in [5, 5.41) is 6.18. The van der Waals surface area contributed by atoms with E-state index in [1.165, 1.54) is 0 Å². The van der Waals surface area contributed by atoms with E-state index in [4.69, 9.17) is 11.6 Å². The first-order valence-electron chi connectivity index (χ1n) is 5.50. The van der Waals surface area contributed by atoms with Crippen molar-refractivity contribution in [3.63, 3.8) is 0 Å². The van der Waals surface area contributed by atoms with Gasteiger partial charge in [-0.15, -0.1) is 0 Å². The highest BCUT2D eigenvalue weighted by molar-refractivity contribution is 9.10. The van der Waals surface area contributed by atoms with E-state index in [9.17, 15) is 4.79 Å². The number of nitrogens with one attached hydrogen (secondary N) is 2. The van der Waals surface area contributed by atoms with Crippen molar-refractivity contribution < 1.29 is 4.79 Å². The van der Waals surface area contributed by atoms with Crippen LogP contribution in [0.5, 0.6) is 0 Å². The molecule has 0 fully saturated rings. The lowest BCUT2D eigenvalue weighted by molar-refractivity contribution is 0.102. The number of aromatic nitrogens is 1. The Morgan fingerprint density at radius 2 is 2.11 bits per heavy atom. The Bertz CT molecular complexity index is 619. The summed E-state index contributed by atoms with van der Waals surface area (Å²) < 4.78 is 0.843. The van der Waals surface area contributed by atoms with Crippen LogP contribution in [0.3, 0.4) is 0 Å². The number of hydrogen-bond acceptors (Lipinski definition) is 3. The number of rotatable bonds is 3. The maximum Gasteiger partial charge on any atom is 0.257 e. The monoisotopic (exact) mass is 339 g/mol. The zero-order valence-corrected chi connectivity index (χ0v) is 12.4. The summed E-state index contributed by atoms with van der Waals surface area (Å²) in [7, 11) is 1.74. The van der Waals surface area contributed by atoms with Gasteiger partial charge in [0.05, 0.1) is 28.2 Å². The van der Waals surface area contributed by atoms with Gasteiger partial charge in [-0.2, -0.15) is 0 Å². The summed E-state index contributed by atoms with van der Waals surface area (Å²) in [5.74, 6) is -0.244. The second kappa shape index (κ2) is 6.04. The van der Waals surface area contributed by atoms with Crippen LogP contribution in [0.25, 0.3) is 0 Å². The summed E-state index contributed by atoms with van der Waals surface area (Å²) in [6, 6.07) is 6.92. The summed E-state index contributed by atoms with van der Waals surface area (Å²) in [6.07, 6.45) is 3.16. The molecule has 0 radical (unpaired) electrons. The minimum Gasteiger partial charge on any atom is -0.386 e. The van der Waals surface area contributed by atoms with Crippen LogP contribution in [-0.4, -0.2) is 17.9 Å². The Hall–Kier alpha value is -1.59. The van der Waals surface area contributed by atoms with Crippen molar-refractivity contribution in [2.45, 2.75) is 0 Å². The van der Waals surface area contributed by atoms with Crippen molar-refractivity contribution in [3.05, 3.63) is 51.7 Å². The Labute approximate surface area is 124 Å². The molecule has 0 aliphatic rings. The van der Waals surface area contributed by atoms with Gasteiger partial charge in [-0.1, -0.05) is 27.5 Å². The van der Waals surface area contributed by atoms with E-state index in [0.29, 0.717) is 22.0 Å². The van der Waals surface area contributed by atoms with Crippen molar-refractivity contribution >= 4 is 44.8 Å². The number of hydrogen-bond donors (Lipinski definition) is 2. The highest BCUT2D eigenvalue weighted by atomic mass is 79.9. The molecule has 1 heterocycles. The molecule has 1 aromatic carbocycles. The molecule has 2 N–H and O–H groups in total. The van der Waals surface area contributed by atoms with Crippen LogP contribution in [0, 0.1) is 0 Å². The minimum atomic E-state index is -0.244. The Kier molecular flexibility index (Phi) is 4.39. The number of halogens is 2. The molecular formula is C13H11BrClN3O. The molecule has 0 saturated heterocycles. The number of pyridine rings is 1. The maximum absolute atomic E-state index is 12.2. The van der Waals surface area contributed by atoms with Crippen molar-refractivity contribution in [1.29, 1.82) is 0 Å². The highest BCUT2D eigenvalue weighted by Crippen LogP contribution is 2.26. The predicted octanol–water partition coefficient (Wildman–Crippen LogP) is 3.79. The summed E-state index contributed by atoms with van der Waals surface area (Å²) in [5.41, 5.74) is 1.72. The lowest BCUT2D eigenvalue weighted by atomic mass is 10.2. The average molecular weight is 341 g/mol. The van der Waals surface area contributed by atoms with Gasteiger partial charge >= 0.3 is 0 Å². The summed E-state index contributed by atoms with van der Waals surface area (Å²) >= 11 is 9.38. The molecule has 0 saturated carbocycles. The SMILES string of the molecule is CNc1cnccc1C(=O)Nc1cc(Br)ccc1Cl. The molecule has 19 heavy (non-hydrogen) atoms. The third kappa shape index (κ3) is 3.24. The first-order chi connectivity index (χ1) is 9.11. The topological polar surface area (TPSA) is 54.0 Å². The first kappa shape index (κ1) is 13.8.